The van der Waals surface area contributed by atoms with Gasteiger partial charge in [0.2, 0.25) is 0 Å². The van der Waals surface area contributed by atoms with Gasteiger partial charge >= 0.3 is 0 Å². The molecule has 2 aromatic carbocycles. The number of aromatic nitrogens is 1. The number of nitriles is 1. The van der Waals surface area contributed by atoms with Gasteiger partial charge in [0, 0.05) is 24.5 Å². The minimum atomic E-state index is -1.15. The van der Waals surface area contributed by atoms with Crippen LogP contribution in [0.15, 0.2) is 48.7 Å². The Morgan fingerprint density at radius 2 is 1.68 bits per heavy atom. The van der Waals surface area contributed by atoms with Gasteiger partial charge < -0.3 is 16.0 Å². The summed E-state index contributed by atoms with van der Waals surface area (Å²) in [5.74, 6) is -3.34. The lowest BCUT2D eigenvalue weighted by Crippen LogP contribution is -2.20. The molecule has 0 saturated carbocycles. The second kappa shape index (κ2) is 9.00. The van der Waals surface area contributed by atoms with Gasteiger partial charge in [-0.05, 0) is 36.8 Å². The summed E-state index contributed by atoms with van der Waals surface area (Å²) in [4.78, 5) is 28.9. The summed E-state index contributed by atoms with van der Waals surface area (Å²) in [5.41, 5.74) is 0.814. The standard InChI is InChI=1S/C22H17F2N5O2/c1-12-5-3-4-6-18(12)28-20-19(9-14(11-27-20)21(30)26-2)29-22(31)13-7-16(23)15(10-25)17(24)8-13/h3-9,11H,1-2H3,(H,26,30)(H,27,28)(H,29,31). The fourth-order valence-corrected chi connectivity index (χ4v) is 2.77. The van der Waals surface area contributed by atoms with E-state index in [1.165, 1.54) is 25.4 Å². The first-order valence-electron chi connectivity index (χ1n) is 9.09. The van der Waals surface area contributed by atoms with Crippen LogP contribution in [0.4, 0.5) is 26.0 Å². The lowest BCUT2D eigenvalue weighted by molar-refractivity contribution is 0.0961. The molecular formula is C22H17F2N5O2. The summed E-state index contributed by atoms with van der Waals surface area (Å²) in [6.07, 6.45) is 1.33. The number of carbonyl (C=O) groups is 2. The van der Waals surface area contributed by atoms with Gasteiger partial charge in [-0.15, -0.1) is 0 Å². The molecule has 9 heteroatoms. The minimum absolute atomic E-state index is 0.125. The van der Waals surface area contributed by atoms with Gasteiger partial charge in [-0.25, -0.2) is 13.8 Å². The van der Waals surface area contributed by atoms with Crippen LogP contribution in [-0.4, -0.2) is 23.8 Å². The number of nitrogens with one attached hydrogen (secondary N) is 3. The van der Waals surface area contributed by atoms with Crippen molar-refractivity contribution < 1.29 is 18.4 Å². The molecule has 1 heterocycles. The van der Waals surface area contributed by atoms with Crippen LogP contribution >= 0.6 is 0 Å². The Labute approximate surface area is 176 Å². The van der Waals surface area contributed by atoms with E-state index >= 15 is 0 Å². The van der Waals surface area contributed by atoms with E-state index in [0.29, 0.717) is 5.69 Å². The number of carbonyl (C=O) groups excluding carboxylic acids is 2. The molecule has 3 aromatic rings. The van der Waals surface area contributed by atoms with Gasteiger partial charge in [0.05, 0.1) is 11.3 Å². The second-order valence-corrected chi connectivity index (χ2v) is 6.52. The molecule has 0 aliphatic heterocycles. The molecular weight excluding hydrogens is 404 g/mol. The van der Waals surface area contributed by atoms with Gasteiger partial charge in [0.15, 0.2) is 5.82 Å². The predicted octanol–water partition coefficient (Wildman–Crippen LogP) is 3.90. The number of nitrogens with zero attached hydrogens (tertiary/aromatic N) is 2. The van der Waals surface area contributed by atoms with E-state index in [9.17, 15) is 18.4 Å². The Hall–Kier alpha value is -4.32. The molecule has 1 aromatic heterocycles. The normalized spacial score (nSPS) is 10.2. The fourth-order valence-electron chi connectivity index (χ4n) is 2.77. The quantitative estimate of drug-likeness (QED) is 0.579. The molecule has 0 fully saturated rings. The molecule has 0 aliphatic rings. The molecule has 7 nitrogen and oxygen atoms in total. The Morgan fingerprint density at radius 3 is 2.29 bits per heavy atom. The molecule has 0 radical (unpaired) electrons. The summed E-state index contributed by atoms with van der Waals surface area (Å²) < 4.78 is 27.8. The van der Waals surface area contributed by atoms with Crippen LogP contribution in [0.1, 0.15) is 31.8 Å². The van der Waals surface area contributed by atoms with Crippen LogP contribution in [0, 0.1) is 29.9 Å². The van der Waals surface area contributed by atoms with Gasteiger partial charge in [0.25, 0.3) is 11.8 Å². The zero-order valence-corrected chi connectivity index (χ0v) is 16.6. The summed E-state index contributed by atoms with van der Waals surface area (Å²) in [6.45, 7) is 1.88. The van der Waals surface area contributed by atoms with Crippen molar-refractivity contribution in [1.29, 1.82) is 5.26 Å². The molecule has 0 atom stereocenters. The first-order chi connectivity index (χ1) is 14.8. The molecule has 0 spiro atoms. The average molecular weight is 421 g/mol. The van der Waals surface area contributed by atoms with E-state index in [0.717, 1.165) is 17.7 Å². The third kappa shape index (κ3) is 4.64. The molecule has 2 amide bonds. The van der Waals surface area contributed by atoms with Crippen molar-refractivity contribution in [2.75, 3.05) is 17.7 Å². The number of hydrogen-bond donors (Lipinski definition) is 3. The van der Waals surface area contributed by atoms with Crippen LogP contribution < -0.4 is 16.0 Å². The number of halogens is 2. The molecule has 3 N–H and O–H groups in total. The Morgan fingerprint density at radius 1 is 1.00 bits per heavy atom. The lowest BCUT2D eigenvalue weighted by Gasteiger charge is -2.15. The highest BCUT2D eigenvalue weighted by Gasteiger charge is 2.18. The lowest BCUT2D eigenvalue weighted by atomic mass is 10.1. The number of rotatable bonds is 5. The largest absolute Gasteiger partial charge is 0.355 e. The summed E-state index contributed by atoms with van der Waals surface area (Å²) >= 11 is 0. The summed E-state index contributed by atoms with van der Waals surface area (Å²) in [5, 5.41) is 16.8. The van der Waals surface area contributed by atoms with Gasteiger partial charge in [-0.1, -0.05) is 18.2 Å². The highest BCUT2D eigenvalue weighted by Crippen LogP contribution is 2.27. The van der Waals surface area contributed by atoms with Crippen molar-refractivity contribution in [3.63, 3.8) is 0 Å². The average Bonchev–Trinajstić information content (AvgIpc) is 2.75. The first kappa shape index (κ1) is 21.4. The predicted molar refractivity (Wildman–Crippen MR) is 111 cm³/mol. The Kier molecular flexibility index (Phi) is 6.21. The number of hydrogen-bond acceptors (Lipinski definition) is 5. The fraction of sp³-hybridized carbons (Fsp3) is 0.0909. The van der Waals surface area contributed by atoms with Gasteiger partial charge in [0.1, 0.15) is 23.3 Å². The number of pyridine rings is 1. The van der Waals surface area contributed by atoms with Crippen molar-refractivity contribution in [1.82, 2.24) is 10.3 Å². The van der Waals surface area contributed by atoms with Crippen LogP contribution in [0.2, 0.25) is 0 Å². The third-order valence-corrected chi connectivity index (χ3v) is 4.44. The maximum atomic E-state index is 13.9. The Bertz CT molecular complexity index is 1200. The molecule has 0 saturated heterocycles. The highest BCUT2D eigenvalue weighted by atomic mass is 19.1. The smallest absolute Gasteiger partial charge is 0.255 e. The maximum Gasteiger partial charge on any atom is 0.255 e. The first-order valence-corrected chi connectivity index (χ1v) is 9.09. The number of benzene rings is 2. The highest BCUT2D eigenvalue weighted by molar-refractivity contribution is 6.07. The van der Waals surface area contributed by atoms with Crippen molar-refractivity contribution in [3.8, 4) is 6.07 Å². The van der Waals surface area contributed by atoms with Crippen molar-refractivity contribution in [2.24, 2.45) is 0 Å². The molecule has 0 bridgehead atoms. The molecule has 31 heavy (non-hydrogen) atoms. The molecule has 156 valence electrons. The van der Waals surface area contributed by atoms with E-state index in [2.05, 4.69) is 20.9 Å². The third-order valence-electron chi connectivity index (χ3n) is 4.44. The molecule has 0 aliphatic carbocycles. The van der Waals surface area contributed by atoms with E-state index in [1.54, 1.807) is 6.07 Å². The van der Waals surface area contributed by atoms with Crippen molar-refractivity contribution in [3.05, 3.63) is 82.5 Å². The van der Waals surface area contributed by atoms with E-state index in [4.69, 9.17) is 5.26 Å². The van der Waals surface area contributed by atoms with E-state index < -0.39 is 29.0 Å². The number of amides is 2. The molecule has 3 rings (SSSR count). The zero-order chi connectivity index (χ0) is 22.5. The molecule has 0 unspecified atom stereocenters. The van der Waals surface area contributed by atoms with Crippen LogP contribution in [0.5, 0.6) is 0 Å². The summed E-state index contributed by atoms with van der Waals surface area (Å²) in [7, 11) is 1.45. The van der Waals surface area contributed by atoms with Crippen LogP contribution in [-0.2, 0) is 0 Å². The SMILES string of the molecule is CNC(=O)c1cnc(Nc2ccccc2C)c(NC(=O)c2cc(F)c(C#N)c(F)c2)c1. The maximum absolute atomic E-state index is 13.9. The number of aryl methyl sites for hydroxylation is 1. The van der Waals surface area contributed by atoms with Gasteiger partial charge in [-0.3, -0.25) is 9.59 Å². The number of anilines is 3. The number of para-hydroxylation sites is 1. The zero-order valence-electron chi connectivity index (χ0n) is 16.6. The van der Waals surface area contributed by atoms with Crippen LogP contribution in [0.3, 0.4) is 0 Å². The Balaban J connectivity index is 1.99. The topological polar surface area (TPSA) is 107 Å². The van der Waals surface area contributed by atoms with Crippen LogP contribution in [0.25, 0.3) is 0 Å². The van der Waals surface area contributed by atoms with E-state index in [-0.39, 0.29) is 22.6 Å². The van der Waals surface area contributed by atoms with Crippen molar-refractivity contribution in [2.45, 2.75) is 6.92 Å². The second-order valence-electron chi connectivity index (χ2n) is 6.52. The van der Waals surface area contributed by atoms with Crippen molar-refractivity contribution >= 4 is 29.0 Å². The summed E-state index contributed by atoms with van der Waals surface area (Å²) in [6, 6.07) is 11.7. The minimum Gasteiger partial charge on any atom is -0.355 e. The van der Waals surface area contributed by atoms with Gasteiger partial charge in [-0.2, -0.15) is 5.26 Å². The van der Waals surface area contributed by atoms with E-state index in [1.807, 2.05) is 25.1 Å². The monoisotopic (exact) mass is 421 g/mol.